The zero-order valence-corrected chi connectivity index (χ0v) is 16.3. The van der Waals surface area contributed by atoms with Crippen LogP contribution in [0.5, 0.6) is 0 Å². The van der Waals surface area contributed by atoms with Crippen LogP contribution in [0.4, 0.5) is 5.82 Å². The maximum atomic E-state index is 5.93. The van der Waals surface area contributed by atoms with Crippen LogP contribution in [0.1, 0.15) is 17.7 Å². The predicted octanol–water partition coefficient (Wildman–Crippen LogP) is 4.04. The highest BCUT2D eigenvalue weighted by Gasteiger charge is 2.23. The Morgan fingerprint density at radius 2 is 2.11 bits per heavy atom. The van der Waals surface area contributed by atoms with Gasteiger partial charge in [-0.25, -0.2) is 4.98 Å². The molecule has 0 aliphatic carbocycles. The largest absolute Gasteiger partial charge is 0.376 e. The summed E-state index contributed by atoms with van der Waals surface area (Å²) in [5.74, 6) is 1.60. The Hall–Kier alpha value is -2.77. The Balaban J connectivity index is 1.59. The van der Waals surface area contributed by atoms with Crippen molar-refractivity contribution in [3.63, 3.8) is 0 Å². The van der Waals surface area contributed by atoms with Crippen LogP contribution in [0.3, 0.4) is 0 Å². The van der Waals surface area contributed by atoms with E-state index in [2.05, 4.69) is 50.7 Å². The number of rotatable bonds is 6. The van der Waals surface area contributed by atoms with Gasteiger partial charge < -0.3 is 9.64 Å². The summed E-state index contributed by atoms with van der Waals surface area (Å²) in [5, 5.41) is 6.56. The Morgan fingerprint density at radius 3 is 2.89 bits per heavy atom. The topological polar surface area (TPSA) is 55.6 Å². The molecule has 0 spiro atoms. The second-order valence-electron chi connectivity index (χ2n) is 6.93. The number of hydrogen-bond donors (Lipinski definition) is 0. The molecule has 1 aliphatic heterocycles. The van der Waals surface area contributed by atoms with Gasteiger partial charge >= 0.3 is 0 Å². The van der Waals surface area contributed by atoms with Gasteiger partial charge in [0.1, 0.15) is 12.1 Å². The third-order valence-corrected chi connectivity index (χ3v) is 5.86. The molecular formula is C21H21N5OS. The first-order valence-electron chi connectivity index (χ1n) is 9.52. The van der Waals surface area contributed by atoms with Crippen molar-refractivity contribution in [1.82, 2.24) is 19.6 Å². The minimum Gasteiger partial charge on any atom is -0.376 e. The Bertz CT molecular complexity index is 1040. The van der Waals surface area contributed by atoms with E-state index < -0.39 is 0 Å². The van der Waals surface area contributed by atoms with Gasteiger partial charge in [-0.3, -0.25) is 0 Å². The predicted molar refractivity (Wildman–Crippen MR) is 111 cm³/mol. The molecule has 1 unspecified atom stereocenters. The molecule has 0 radical (unpaired) electrons. The first-order valence-corrected chi connectivity index (χ1v) is 10.4. The molecule has 0 N–H and O–H groups in total. The number of anilines is 1. The summed E-state index contributed by atoms with van der Waals surface area (Å²) in [6.07, 6.45) is 4.03. The second kappa shape index (κ2) is 7.69. The molecule has 1 aromatic carbocycles. The quantitative estimate of drug-likeness (QED) is 0.497. The van der Waals surface area contributed by atoms with E-state index >= 15 is 0 Å². The first-order chi connectivity index (χ1) is 13.9. The summed E-state index contributed by atoms with van der Waals surface area (Å²) >= 11 is 1.77. The molecule has 0 saturated carbocycles. The van der Waals surface area contributed by atoms with Crippen LogP contribution in [-0.2, 0) is 11.3 Å². The van der Waals surface area contributed by atoms with Crippen LogP contribution in [-0.4, -0.2) is 38.8 Å². The minimum absolute atomic E-state index is 0.242. The maximum absolute atomic E-state index is 5.93. The van der Waals surface area contributed by atoms with Crippen LogP contribution < -0.4 is 4.90 Å². The monoisotopic (exact) mass is 391 g/mol. The minimum atomic E-state index is 0.242. The molecule has 1 atom stereocenters. The van der Waals surface area contributed by atoms with Crippen molar-refractivity contribution in [2.45, 2.75) is 25.5 Å². The van der Waals surface area contributed by atoms with Crippen LogP contribution in [0, 0.1) is 0 Å². The molecule has 5 rings (SSSR count). The van der Waals surface area contributed by atoms with Gasteiger partial charge in [-0.05, 0) is 24.3 Å². The van der Waals surface area contributed by atoms with Crippen molar-refractivity contribution >= 4 is 22.9 Å². The molecule has 142 valence electrons. The van der Waals surface area contributed by atoms with Crippen molar-refractivity contribution < 1.29 is 4.74 Å². The lowest BCUT2D eigenvalue weighted by Crippen LogP contribution is -2.33. The molecule has 3 aromatic heterocycles. The zero-order chi connectivity index (χ0) is 18.8. The zero-order valence-electron chi connectivity index (χ0n) is 15.4. The maximum Gasteiger partial charge on any atom is 0.254 e. The van der Waals surface area contributed by atoms with Crippen LogP contribution in [0.25, 0.3) is 17.0 Å². The van der Waals surface area contributed by atoms with Gasteiger partial charge in [0.25, 0.3) is 5.78 Å². The Labute approximate surface area is 167 Å². The fourth-order valence-electron chi connectivity index (χ4n) is 3.64. The average molecular weight is 392 g/mol. The van der Waals surface area contributed by atoms with E-state index in [0.717, 1.165) is 49.6 Å². The van der Waals surface area contributed by atoms with Gasteiger partial charge in [-0.2, -0.15) is 14.6 Å². The number of thiophene rings is 1. The van der Waals surface area contributed by atoms with Crippen molar-refractivity contribution in [2.75, 3.05) is 18.1 Å². The summed E-state index contributed by atoms with van der Waals surface area (Å²) in [6, 6.07) is 16.6. The number of nitrogens with zero attached hydrogens (tertiary/aromatic N) is 5. The Morgan fingerprint density at radius 1 is 1.18 bits per heavy atom. The van der Waals surface area contributed by atoms with Gasteiger partial charge in [-0.15, -0.1) is 11.3 Å². The lowest BCUT2D eigenvalue weighted by Gasteiger charge is -2.27. The van der Waals surface area contributed by atoms with Crippen molar-refractivity contribution in [2.24, 2.45) is 0 Å². The van der Waals surface area contributed by atoms with E-state index in [1.807, 2.05) is 22.7 Å². The normalized spacial score (nSPS) is 16.6. The van der Waals surface area contributed by atoms with E-state index in [1.165, 1.54) is 4.88 Å². The van der Waals surface area contributed by atoms with Crippen molar-refractivity contribution in [3.05, 3.63) is 65.1 Å². The lowest BCUT2D eigenvalue weighted by molar-refractivity contribution is 0.115. The number of fused-ring (bicyclic) bond motifs is 1. The van der Waals surface area contributed by atoms with Gasteiger partial charge in [0, 0.05) is 29.7 Å². The number of aromatic nitrogens is 4. The van der Waals surface area contributed by atoms with E-state index in [0.29, 0.717) is 5.78 Å². The average Bonchev–Trinajstić information content (AvgIpc) is 3.50. The molecule has 0 amide bonds. The summed E-state index contributed by atoms with van der Waals surface area (Å²) in [4.78, 5) is 12.7. The molecule has 1 saturated heterocycles. The molecule has 0 bridgehead atoms. The van der Waals surface area contributed by atoms with Crippen molar-refractivity contribution in [3.8, 4) is 11.3 Å². The Kier molecular flexibility index (Phi) is 4.76. The number of benzene rings is 1. The standard InChI is InChI=1S/C21H21N5OS/c1-2-6-16(7-3-1)19-12-20(26-21(24-19)22-15-23-26)25(13-17-8-4-10-27-17)14-18-9-5-11-28-18/h1-3,5-7,9,11-12,15,17H,4,8,10,13-14H2. The number of ether oxygens (including phenoxy) is 1. The van der Waals surface area contributed by atoms with Gasteiger partial charge in [-0.1, -0.05) is 36.4 Å². The molecule has 1 aliphatic rings. The summed E-state index contributed by atoms with van der Waals surface area (Å²) < 4.78 is 7.76. The van der Waals surface area contributed by atoms with E-state index in [1.54, 1.807) is 17.7 Å². The van der Waals surface area contributed by atoms with Crippen LogP contribution in [0.15, 0.2) is 60.2 Å². The van der Waals surface area contributed by atoms with Crippen molar-refractivity contribution in [1.29, 1.82) is 0 Å². The summed E-state index contributed by atoms with van der Waals surface area (Å²) in [7, 11) is 0. The lowest BCUT2D eigenvalue weighted by atomic mass is 10.1. The molecule has 1 fully saturated rings. The molecule has 7 heteroatoms. The molecule has 28 heavy (non-hydrogen) atoms. The smallest absolute Gasteiger partial charge is 0.254 e. The third kappa shape index (κ3) is 3.50. The van der Waals surface area contributed by atoms with Gasteiger partial charge in [0.15, 0.2) is 0 Å². The highest BCUT2D eigenvalue weighted by Crippen LogP contribution is 2.27. The molecule has 4 aromatic rings. The summed E-state index contributed by atoms with van der Waals surface area (Å²) in [5.41, 5.74) is 1.97. The van der Waals surface area contributed by atoms with E-state index in [-0.39, 0.29) is 6.10 Å². The summed E-state index contributed by atoms with van der Waals surface area (Å²) in [6.45, 7) is 2.48. The first kappa shape index (κ1) is 17.3. The molecular weight excluding hydrogens is 370 g/mol. The van der Waals surface area contributed by atoms with Gasteiger partial charge in [0.2, 0.25) is 0 Å². The molecule has 4 heterocycles. The third-order valence-electron chi connectivity index (χ3n) is 5.00. The number of hydrogen-bond acceptors (Lipinski definition) is 6. The fraction of sp³-hybridized carbons (Fsp3) is 0.286. The van der Waals surface area contributed by atoms with E-state index in [4.69, 9.17) is 9.72 Å². The fourth-order valence-corrected chi connectivity index (χ4v) is 4.36. The SMILES string of the molecule is c1ccc(-c2cc(N(Cc3cccs3)CC3CCCO3)n3ncnc3n2)cc1. The van der Waals surface area contributed by atoms with E-state index in [9.17, 15) is 0 Å². The van der Waals surface area contributed by atoms with Gasteiger partial charge in [0.05, 0.1) is 18.3 Å². The highest BCUT2D eigenvalue weighted by molar-refractivity contribution is 7.09. The molecule has 6 nitrogen and oxygen atoms in total. The second-order valence-corrected chi connectivity index (χ2v) is 7.96. The highest BCUT2D eigenvalue weighted by atomic mass is 32.1. The van der Waals surface area contributed by atoms with Crippen LogP contribution in [0.2, 0.25) is 0 Å². The van der Waals surface area contributed by atoms with Crippen LogP contribution >= 0.6 is 11.3 Å².